The van der Waals surface area contributed by atoms with Crippen LogP contribution in [0.5, 0.6) is 0 Å². The van der Waals surface area contributed by atoms with Gasteiger partial charge in [0.2, 0.25) is 5.91 Å². The summed E-state index contributed by atoms with van der Waals surface area (Å²) in [6.07, 6.45) is 6.61. The number of amidine groups is 1. The van der Waals surface area contributed by atoms with Crippen LogP contribution in [0.15, 0.2) is 5.16 Å². The largest absolute Gasteiger partial charge is 0.409 e. The monoisotopic (exact) mass is 275 g/mol. The highest BCUT2D eigenvalue weighted by atomic mass is 32.2. The molecule has 0 aromatic rings. The van der Waals surface area contributed by atoms with Crippen molar-refractivity contribution in [3.63, 3.8) is 0 Å². The first-order chi connectivity index (χ1) is 8.46. The van der Waals surface area contributed by atoms with Crippen LogP contribution in [0, 0.1) is 5.41 Å². The molecule has 0 bridgehead atoms. The number of nitrogens with zero attached hydrogens (tertiary/aromatic N) is 1. The fourth-order valence-corrected chi connectivity index (χ4v) is 1.88. The van der Waals surface area contributed by atoms with E-state index in [9.17, 15) is 4.79 Å². The summed E-state index contributed by atoms with van der Waals surface area (Å²) in [5.41, 5.74) is 4.51. The molecular formula is C12H25N3O2S. The quantitative estimate of drug-likeness (QED) is 0.197. The fraction of sp³-hybridized carbons (Fsp3) is 0.833. The molecule has 0 aromatic heterocycles. The van der Waals surface area contributed by atoms with Crippen LogP contribution in [0.3, 0.4) is 0 Å². The Morgan fingerprint density at radius 3 is 2.50 bits per heavy atom. The summed E-state index contributed by atoms with van der Waals surface area (Å²) in [6.45, 7) is 3.91. The van der Waals surface area contributed by atoms with Crippen LogP contribution in [-0.4, -0.2) is 35.5 Å². The molecule has 0 heterocycles. The molecule has 0 aliphatic rings. The summed E-state index contributed by atoms with van der Waals surface area (Å²) in [5, 5.41) is 14.3. The highest BCUT2D eigenvalue weighted by molar-refractivity contribution is 7.98. The molecule has 5 nitrogen and oxygen atoms in total. The van der Waals surface area contributed by atoms with E-state index in [1.54, 1.807) is 13.8 Å². The normalized spacial score (nSPS) is 12.5. The molecule has 0 rings (SSSR count). The maximum Gasteiger partial charge on any atom is 0.233 e. The Morgan fingerprint density at radius 1 is 1.33 bits per heavy atom. The molecule has 0 spiro atoms. The Bertz CT molecular complexity index is 280. The summed E-state index contributed by atoms with van der Waals surface area (Å²) >= 11 is 1.86. The first-order valence-electron chi connectivity index (χ1n) is 6.22. The number of oxime groups is 1. The molecule has 0 radical (unpaired) electrons. The second kappa shape index (κ2) is 9.08. The van der Waals surface area contributed by atoms with E-state index in [4.69, 9.17) is 10.9 Å². The van der Waals surface area contributed by atoms with Crippen molar-refractivity contribution >= 4 is 23.5 Å². The Kier molecular flexibility index (Phi) is 8.62. The van der Waals surface area contributed by atoms with Crippen LogP contribution in [-0.2, 0) is 4.79 Å². The van der Waals surface area contributed by atoms with Crippen molar-refractivity contribution in [3.05, 3.63) is 0 Å². The van der Waals surface area contributed by atoms with E-state index in [1.165, 1.54) is 18.6 Å². The lowest BCUT2D eigenvalue weighted by Gasteiger charge is -2.21. The number of carbonyl (C=O) groups is 1. The Hall–Kier alpha value is -0.910. The van der Waals surface area contributed by atoms with Gasteiger partial charge in [0.15, 0.2) is 5.84 Å². The molecule has 0 aromatic carbocycles. The van der Waals surface area contributed by atoms with Crippen LogP contribution in [0.4, 0.5) is 0 Å². The Labute approximate surface area is 114 Å². The molecule has 6 heteroatoms. The summed E-state index contributed by atoms with van der Waals surface area (Å²) in [7, 11) is 0. The minimum atomic E-state index is -0.965. The zero-order valence-corrected chi connectivity index (χ0v) is 12.3. The summed E-state index contributed by atoms with van der Waals surface area (Å²) in [4.78, 5) is 11.8. The standard InChI is InChI=1S/C12H25N3O2S/c1-12(2,10(13)15-17)11(16)14-8-6-4-5-7-9-18-3/h17H,4-9H2,1-3H3,(H2,13,15)(H,14,16). The average Bonchev–Trinajstić information content (AvgIpc) is 2.36. The van der Waals surface area contributed by atoms with Gasteiger partial charge in [-0.3, -0.25) is 4.79 Å². The predicted octanol–water partition coefficient (Wildman–Crippen LogP) is 1.80. The number of unbranched alkanes of at least 4 members (excludes halogenated alkanes) is 3. The van der Waals surface area contributed by atoms with E-state index >= 15 is 0 Å². The average molecular weight is 275 g/mol. The first kappa shape index (κ1) is 17.1. The summed E-state index contributed by atoms with van der Waals surface area (Å²) < 4.78 is 0. The Morgan fingerprint density at radius 2 is 1.94 bits per heavy atom. The van der Waals surface area contributed by atoms with Gasteiger partial charge in [0.1, 0.15) is 5.41 Å². The van der Waals surface area contributed by atoms with Crippen LogP contribution >= 0.6 is 11.8 Å². The van der Waals surface area contributed by atoms with Gasteiger partial charge in [-0.2, -0.15) is 11.8 Å². The third-order valence-electron chi connectivity index (χ3n) is 2.88. The van der Waals surface area contributed by atoms with Gasteiger partial charge in [-0.05, 0) is 38.7 Å². The van der Waals surface area contributed by atoms with Gasteiger partial charge >= 0.3 is 0 Å². The molecule has 106 valence electrons. The van der Waals surface area contributed by atoms with Gasteiger partial charge in [-0.15, -0.1) is 0 Å². The summed E-state index contributed by atoms with van der Waals surface area (Å²) in [5.74, 6) is 0.921. The van der Waals surface area contributed by atoms with Crippen molar-refractivity contribution in [2.24, 2.45) is 16.3 Å². The van der Waals surface area contributed by atoms with Gasteiger partial charge in [0.05, 0.1) is 0 Å². The third-order valence-corrected chi connectivity index (χ3v) is 3.57. The van der Waals surface area contributed by atoms with Crippen LogP contribution < -0.4 is 11.1 Å². The van der Waals surface area contributed by atoms with Crippen LogP contribution in [0.2, 0.25) is 0 Å². The molecule has 18 heavy (non-hydrogen) atoms. The van der Waals surface area contributed by atoms with Crippen molar-refractivity contribution in [2.45, 2.75) is 39.5 Å². The molecular weight excluding hydrogens is 250 g/mol. The molecule has 0 saturated heterocycles. The second-order valence-electron chi connectivity index (χ2n) is 4.77. The fourth-order valence-electron chi connectivity index (χ4n) is 1.39. The smallest absolute Gasteiger partial charge is 0.233 e. The van der Waals surface area contributed by atoms with E-state index in [-0.39, 0.29) is 11.7 Å². The minimum Gasteiger partial charge on any atom is -0.409 e. The maximum absolute atomic E-state index is 11.8. The molecule has 0 atom stereocenters. The number of hydrogen-bond acceptors (Lipinski definition) is 4. The van der Waals surface area contributed by atoms with Gasteiger partial charge in [-0.1, -0.05) is 18.0 Å². The van der Waals surface area contributed by atoms with Gasteiger partial charge in [0.25, 0.3) is 0 Å². The molecule has 0 aliphatic heterocycles. The predicted molar refractivity (Wildman–Crippen MR) is 77.0 cm³/mol. The summed E-state index contributed by atoms with van der Waals surface area (Å²) in [6, 6.07) is 0. The lowest BCUT2D eigenvalue weighted by molar-refractivity contribution is -0.126. The van der Waals surface area contributed by atoms with Crippen molar-refractivity contribution in [2.75, 3.05) is 18.6 Å². The van der Waals surface area contributed by atoms with E-state index < -0.39 is 5.41 Å². The number of hydrogen-bond donors (Lipinski definition) is 3. The zero-order valence-electron chi connectivity index (χ0n) is 11.5. The number of nitrogens with one attached hydrogen (secondary N) is 1. The molecule has 0 aliphatic carbocycles. The zero-order chi connectivity index (χ0) is 14.0. The van der Waals surface area contributed by atoms with E-state index in [0.29, 0.717) is 6.54 Å². The van der Waals surface area contributed by atoms with E-state index in [1.807, 2.05) is 11.8 Å². The highest BCUT2D eigenvalue weighted by Gasteiger charge is 2.32. The second-order valence-corrected chi connectivity index (χ2v) is 5.76. The van der Waals surface area contributed by atoms with Crippen molar-refractivity contribution < 1.29 is 10.0 Å². The van der Waals surface area contributed by atoms with Gasteiger partial charge in [-0.25, -0.2) is 0 Å². The van der Waals surface area contributed by atoms with E-state index in [2.05, 4.69) is 16.7 Å². The number of nitrogens with two attached hydrogens (primary N) is 1. The van der Waals surface area contributed by atoms with Crippen molar-refractivity contribution in [3.8, 4) is 0 Å². The molecule has 0 unspecified atom stereocenters. The topological polar surface area (TPSA) is 87.7 Å². The van der Waals surface area contributed by atoms with Crippen LogP contribution in [0.1, 0.15) is 39.5 Å². The lowest BCUT2D eigenvalue weighted by atomic mass is 9.91. The number of thioether (sulfide) groups is 1. The van der Waals surface area contributed by atoms with Crippen molar-refractivity contribution in [1.29, 1.82) is 0 Å². The van der Waals surface area contributed by atoms with E-state index in [0.717, 1.165) is 12.8 Å². The number of amides is 1. The number of carbonyl (C=O) groups excluding carboxylic acids is 1. The van der Waals surface area contributed by atoms with Gasteiger partial charge < -0.3 is 16.3 Å². The van der Waals surface area contributed by atoms with Crippen LogP contribution in [0.25, 0.3) is 0 Å². The first-order valence-corrected chi connectivity index (χ1v) is 7.61. The molecule has 0 saturated carbocycles. The highest BCUT2D eigenvalue weighted by Crippen LogP contribution is 2.15. The lowest BCUT2D eigenvalue weighted by Crippen LogP contribution is -2.46. The molecule has 4 N–H and O–H groups in total. The maximum atomic E-state index is 11.8. The Balaban J connectivity index is 3.77. The van der Waals surface area contributed by atoms with Crippen molar-refractivity contribution in [1.82, 2.24) is 5.32 Å². The SMILES string of the molecule is CSCCCCCCNC(=O)C(C)(C)C(N)=NO. The third kappa shape index (κ3) is 6.14. The molecule has 1 amide bonds. The van der Waals surface area contributed by atoms with Gasteiger partial charge in [0, 0.05) is 6.54 Å². The minimum absolute atomic E-state index is 0.0695. The number of rotatable bonds is 9. The molecule has 0 fully saturated rings.